The highest BCUT2D eigenvalue weighted by Gasteiger charge is 2.25. The first-order valence-corrected chi connectivity index (χ1v) is 7.64. The summed E-state index contributed by atoms with van der Waals surface area (Å²) in [6.07, 6.45) is 0. The number of benzene rings is 1. The van der Waals surface area contributed by atoms with Crippen LogP contribution in [-0.2, 0) is 10.0 Å². The van der Waals surface area contributed by atoms with Gasteiger partial charge in [-0.2, -0.15) is 9.57 Å². The van der Waals surface area contributed by atoms with Crippen molar-refractivity contribution in [2.45, 2.75) is 18.7 Å². The van der Waals surface area contributed by atoms with E-state index in [0.29, 0.717) is 12.3 Å². The van der Waals surface area contributed by atoms with Crippen molar-refractivity contribution in [3.63, 3.8) is 0 Å². The summed E-state index contributed by atoms with van der Waals surface area (Å²) in [6.45, 7) is 3.86. The number of nitrogens with two attached hydrogens (primary N) is 1. The maximum absolute atomic E-state index is 12.5. The van der Waals surface area contributed by atoms with Crippen molar-refractivity contribution in [2.24, 2.45) is 5.92 Å². The first kappa shape index (κ1) is 16.3. The molecule has 0 spiro atoms. The van der Waals surface area contributed by atoms with Crippen molar-refractivity contribution >= 4 is 15.7 Å². The van der Waals surface area contributed by atoms with Crippen LogP contribution in [0.5, 0.6) is 5.75 Å². The number of anilines is 1. The van der Waals surface area contributed by atoms with Crippen LogP contribution >= 0.6 is 0 Å². The van der Waals surface area contributed by atoms with E-state index in [4.69, 9.17) is 15.7 Å². The minimum Gasteiger partial charge on any atom is -0.495 e. The third kappa shape index (κ3) is 3.40. The normalized spacial score (nSPS) is 12.9. The molecule has 1 aromatic rings. The van der Waals surface area contributed by atoms with Crippen LogP contribution in [0.15, 0.2) is 23.1 Å². The molecular formula is C13H19N3O3S. The monoisotopic (exact) mass is 297 g/mol. The number of hydrogen-bond donors (Lipinski definition) is 1. The molecule has 6 nitrogen and oxygen atoms in total. The number of nitrogens with zero attached hydrogens (tertiary/aromatic N) is 2. The zero-order valence-corrected chi connectivity index (χ0v) is 12.6. The predicted octanol–water partition coefficient (Wildman–Crippen LogP) is 1.45. The molecule has 0 saturated carbocycles. The van der Waals surface area contributed by atoms with Crippen LogP contribution in [0, 0.1) is 17.2 Å². The number of rotatable bonds is 6. The Labute approximate surface area is 119 Å². The Morgan fingerprint density at radius 2 is 2.15 bits per heavy atom. The molecule has 0 bridgehead atoms. The predicted molar refractivity (Wildman–Crippen MR) is 76.6 cm³/mol. The van der Waals surface area contributed by atoms with E-state index in [0.717, 1.165) is 0 Å². The average Bonchev–Trinajstić information content (AvgIpc) is 2.43. The van der Waals surface area contributed by atoms with E-state index in [1.807, 2.05) is 6.07 Å². The Kier molecular flexibility index (Phi) is 5.36. The summed E-state index contributed by atoms with van der Waals surface area (Å²) in [5, 5.41) is 8.82. The maximum atomic E-state index is 12.5. The fourth-order valence-electron chi connectivity index (χ4n) is 1.77. The van der Waals surface area contributed by atoms with Crippen molar-refractivity contribution < 1.29 is 13.2 Å². The smallest absolute Gasteiger partial charge is 0.243 e. The van der Waals surface area contributed by atoms with E-state index in [-0.39, 0.29) is 23.0 Å². The van der Waals surface area contributed by atoms with Crippen LogP contribution in [0.3, 0.4) is 0 Å². The second kappa shape index (κ2) is 6.59. The molecule has 0 aromatic heterocycles. The van der Waals surface area contributed by atoms with Gasteiger partial charge in [0.15, 0.2) is 0 Å². The fourth-order valence-corrected chi connectivity index (χ4v) is 3.34. The van der Waals surface area contributed by atoms with Crippen molar-refractivity contribution in [2.75, 3.05) is 25.9 Å². The molecule has 0 amide bonds. The number of ether oxygens (including phenoxy) is 1. The quantitative estimate of drug-likeness (QED) is 0.802. The van der Waals surface area contributed by atoms with Crippen LogP contribution < -0.4 is 10.5 Å². The molecule has 1 unspecified atom stereocenters. The lowest BCUT2D eigenvalue weighted by Crippen LogP contribution is -2.34. The van der Waals surface area contributed by atoms with Gasteiger partial charge in [-0.3, -0.25) is 0 Å². The van der Waals surface area contributed by atoms with E-state index in [9.17, 15) is 8.42 Å². The molecule has 1 aromatic carbocycles. The largest absolute Gasteiger partial charge is 0.495 e. The van der Waals surface area contributed by atoms with Crippen LogP contribution in [-0.4, -0.2) is 32.9 Å². The molecule has 1 atom stereocenters. The minimum atomic E-state index is -3.66. The van der Waals surface area contributed by atoms with Gasteiger partial charge in [-0.15, -0.1) is 0 Å². The van der Waals surface area contributed by atoms with Crippen LogP contribution in [0.1, 0.15) is 13.8 Å². The number of sulfonamides is 1. The zero-order valence-electron chi connectivity index (χ0n) is 11.8. The van der Waals surface area contributed by atoms with Gasteiger partial charge in [-0.25, -0.2) is 8.42 Å². The minimum absolute atomic E-state index is 0.0998. The van der Waals surface area contributed by atoms with Gasteiger partial charge < -0.3 is 10.5 Å². The van der Waals surface area contributed by atoms with Gasteiger partial charge in [-0.1, -0.05) is 6.92 Å². The summed E-state index contributed by atoms with van der Waals surface area (Å²) in [4.78, 5) is 0.0998. The molecular weight excluding hydrogens is 278 g/mol. The third-order valence-electron chi connectivity index (χ3n) is 2.89. The summed E-state index contributed by atoms with van der Waals surface area (Å²) in [5.74, 6) is 0.0534. The van der Waals surface area contributed by atoms with E-state index in [1.54, 1.807) is 13.8 Å². The molecule has 20 heavy (non-hydrogen) atoms. The molecule has 1 rings (SSSR count). The van der Waals surface area contributed by atoms with Crippen molar-refractivity contribution in [3.8, 4) is 11.8 Å². The first-order chi connectivity index (χ1) is 9.36. The highest BCUT2D eigenvalue weighted by atomic mass is 32.2. The summed E-state index contributed by atoms with van der Waals surface area (Å²) in [6, 6.07) is 6.37. The lowest BCUT2D eigenvalue weighted by molar-refractivity contribution is 0.399. The van der Waals surface area contributed by atoms with Crippen LogP contribution in [0.4, 0.5) is 5.69 Å². The van der Waals surface area contributed by atoms with Crippen molar-refractivity contribution in [1.29, 1.82) is 5.26 Å². The molecule has 0 heterocycles. The van der Waals surface area contributed by atoms with Crippen LogP contribution in [0.2, 0.25) is 0 Å². The summed E-state index contributed by atoms with van der Waals surface area (Å²) < 4.78 is 31.2. The second-order valence-corrected chi connectivity index (χ2v) is 6.33. The SMILES string of the molecule is CCN(CC(C)C#N)S(=O)(=O)c1ccc(OC)c(N)c1. The molecule has 0 aliphatic rings. The lowest BCUT2D eigenvalue weighted by Gasteiger charge is -2.21. The third-order valence-corrected chi connectivity index (χ3v) is 4.83. The first-order valence-electron chi connectivity index (χ1n) is 6.20. The summed E-state index contributed by atoms with van der Waals surface area (Å²) in [7, 11) is -2.19. The molecule has 2 N–H and O–H groups in total. The van der Waals surface area contributed by atoms with E-state index in [1.165, 1.54) is 29.6 Å². The Bertz CT molecular complexity index is 608. The maximum Gasteiger partial charge on any atom is 0.243 e. The molecule has 7 heteroatoms. The number of methoxy groups -OCH3 is 1. The zero-order chi connectivity index (χ0) is 15.3. The van der Waals surface area contributed by atoms with Crippen LogP contribution in [0.25, 0.3) is 0 Å². The molecule has 0 aliphatic carbocycles. The Hall–Kier alpha value is -1.78. The van der Waals surface area contributed by atoms with Crippen molar-refractivity contribution in [3.05, 3.63) is 18.2 Å². The molecule has 0 aliphatic heterocycles. The molecule has 110 valence electrons. The van der Waals surface area contributed by atoms with Gasteiger partial charge in [0, 0.05) is 13.1 Å². The highest BCUT2D eigenvalue weighted by Crippen LogP contribution is 2.26. The average molecular weight is 297 g/mol. The van der Waals surface area contributed by atoms with Gasteiger partial charge in [0.25, 0.3) is 0 Å². The van der Waals surface area contributed by atoms with E-state index >= 15 is 0 Å². The standard InChI is InChI=1S/C13H19N3O3S/c1-4-16(9-10(2)8-14)20(17,18)11-5-6-13(19-3)12(15)7-11/h5-7,10H,4,9,15H2,1-3H3. The van der Waals surface area contributed by atoms with E-state index < -0.39 is 10.0 Å². The summed E-state index contributed by atoms with van der Waals surface area (Å²) >= 11 is 0. The molecule has 0 saturated heterocycles. The number of nitrogen functional groups attached to an aromatic ring is 1. The van der Waals surface area contributed by atoms with E-state index in [2.05, 4.69) is 0 Å². The van der Waals surface area contributed by atoms with Gasteiger partial charge in [0.1, 0.15) is 5.75 Å². The topological polar surface area (TPSA) is 96.4 Å². The van der Waals surface area contributed by atoms with Gasteiger partial charge >= 0.3 is 0 Å². The summed E-state index contributed by atoms with van der Waals surface area (Å²) in [5.41, 5.74) is 6.00. The van der Waals surface area contributed by atoms with Gasteiger partial charge in [0.2, 0.25) is 10.0 Å². The van der Waals surface area contributed by atoms with Gasteiger partial charge in [-0.05, 0) is 25.1 Å². The molecule has 0 fully saturated rings. The van der Waals surface area contributed by atoms with Crippen molar-refractivity contribution in [1.82, 2.24) is 4.31 Å². The Balaban J connectivity index is 3.14. The highest BCUT2D eigenvalue weighted by molar-refractivity contribution is 7.89. The fraction of sp³-hybridized carbons (Fsp3) is 0.462. The lowest BCUT2D eigenvalue weighted by atomic mass is 10.2. The molecule has 0 radical (unpaired) electrons. The van der Waals surface area contributed by atoms with Gasteiger partial charge in [0.05, 0.1) is 29.7 Å². The Morgan fingerprint density at radius 3 is 2.60 bits per heavy atom. The second-order valence-electron chi connectivity index (χ2n) is 4.39. The Morgan fingerprint density at radius 1 is 1.50 bits per heavy atom. The number of nitriles is 1. The number of hydrogen-bond acceptors (Lipinski definition) is 5.